The summed E-state index contributed by atoms with van der Waals surface area (Å²) in [5.74, 6) is 0. The van der Waals surface area contributed by atoms with Crippen molar-refractivity contribution in [2.45, 2.75) is 118 Å². The highest BCUT2D eigenvalue weighted by molar-refractivity contribution is 7.80. The van der Waals surface area contributed by atoms with Crippen LogP contribution in [0.3, 0.4) is 0 Å². The normalized spacial score (nSPS) is 10.8. The van der Waals surface area contributed by atoms with E-state index in [9.17, 15) is 9.59 Å². The third kappa shape index (κ3) is 10.5. The maximum absolute atomic E-state index is 13.2. The molecule has 4 amide bonds. The number of primary amides is 1. The summed E-state index contributed by atoms with van der Waals surface area (Å²) in [6, 6.07) is 1.33. The lowest BCUT2D eigenvalue weighted by atomic mass is 9.91. The van der Waals surface area contributed by atoms with Crippen LogP contribution >= 0.6 is 12.2 Å². The summed E-state index contributed by atoms with van der Waals surface area (Å²) in [6.07, 6.45) is 13.9. The van der Waals surface area contributed by atoms with Gasteiger partial charge in [0.1, 0.15) is 0 Å². The van der Waals surface area contributed by atoms with Crippen molar-refractivity contribution >= 4 is 40.8 Å². The maximum atomic E-state index is 13.2. The van der Waals surface area contributed by atoms with E-state index in [0.29, 0.717) is 13.1 Å². The number of nitrogens with one attached hydrogen (secondary N) is 1. The number of rotatable bonds is 17. The molecule has 0 aliphatic rings. The molecule has 0 aliphatic heterocycles. The maximum Gasteiger partial charge on any atom is 0.328 e. The molecule has 0 bridgehead atoms. The van der Waals surface area contributed by atoms with E-state index in [2.05, 4.69) is 32.2 Å². The van der Waals surface area contributed by atoms with Gasteiger partial charge in [-0.1, -0.05) is 72.1 Å². The van der Waals surface area contributed by atoms with Gasteiger partial charge in [-0.15, -0.1) is 0 Å². The molecule has 0 heterocycles. The van der Waals surface area contributed by atoms with Crippen LogP contribution in [-0.4, -0.2) is 30.3 Å². The van der Waals surface area contributed by atoms with Crippen LogP contribution in [0.25, 0.3) is 0 Å². The van der Waals surface area contributed by atoms with Crippen molar-refractivity contribution in [2.75, 3.05) is 22.9 Å². The van der Waals surface area contributed by atoms with Crippen LogP contribution < -0.4 is 26.6 Å². The van der Waals surface area contributed by atoms with Crippen molar-refractivity contribution in [3.8, 4) is 0 Å². The molecule has 0 aromatic heterocycles. The fraction of sp³-hybridized carbons (Fsp3) is 0.690. The van der Waals surface area contributed by atoms with Gasteiger partial charge in [-0.25, -0.2) is 9.59 Å². The first kappa shape index (κ1) is 32.7. The Balaban J connectivity index is 3.68. The Bertz CT molecular complexity index is 874. The van der Waals surface area contributed by atoms with Crippen molar-refractivity contribution in [1.29, 1.82) is 0 Å². The second-order valence-corrected chi connectivity index (χ2v) is 10.3. The van der Waals surface area contributed by atoms with Crippen molar-refractivity contribution in [2.24, 2.45) is 11.5 Å². The van der Waals surface area contributed by atoms with Crippen molar-refractivity contribution in [1.82, 2.24) is 5.32 Å². The minimum absolute atomic E-state index is 0.0576. The molecular weight excluding hydrogens is 482 g/mol. The Morgan fingerprint density at radius 1 is 0.838 bits per heavy atom. The molecule has 0 saturated carbocycles. The quantitative estimate of drug-likeness (QED) is 0.147. The largest absolute Gasteiger partial charge is 0.376 e. The molecule has 7 nitrogen and oxygen atoms in total. The van der Waals surface area contributed by atoms with E-state index < -0.39 is 6.03 Å². The molecule has 0 atom stereocenters. The topological polar surface area (TPSA) is 105 Å². The second-order valence-electron chi connectivity index (χ2n) is 9.86. The van der Waals surface area contributed by atoms with Gasteiger partial charge in [-0.05, 0) is 75.4 Å². The molecule has 0 spiro atoms. The molecule has 5 N–H and O–H groups in total. The minimum atomic E-state index is -0.459. The number of nitrogens with zero attached hydrogens (tertiary/aromatic N) is 2. The smallest absolute Gasteiger partial charge is 0.328 e. The molecule has 0 aliphatic carbocycles. The zero-order chi connectivity index (χ0) is 27.8. The van der Waals surface area contributed by atoms with E-state index in [-0.39, 0.29) is 11.1 Å². The predicted molar refractivity (Wildman–Crippen MR) is 162 cm³/mol. The Hall–Kier alpha value is -2.35. The fourth-order valence-corrected chi connectivity index (χ4v) is 5.04. The summed E-state index contributed by atoms with van der Waals surface area (Å²) in [4.78, 5) is 29.3. The zero-order valence-electron chi connectivity index (χ0n) is 24.0. The van der Waals surface area contributed by atoms with Crippen LogP contribution in [0.1, 0.15) is 115 Å². The van der Waals surface area contributed by atoms with Crippen LogP contribution in [-0.2, 0) is 12.8 Å². The van der Waals surface area contributed by atoms with E-state index in [1.165, 1.54) is 38.5 Å². The lowest BCUT2D eigenvalue weighted by Gasteiger charge is -2.32. The van der Waals surface area contributed by atoms with E-state index >= 15 is 0 Å². The van der Waals surface area contributed by atoms with Gasteiger partial charge in [0, 0.05) is 18.7 Å². The first-order valence-corrected chi connectivity index (χ1v) is 14.7. The number of amides is 4. The highest BCUT2D eigenvalue weighted by Gasteiger charge is 2.27. The van der Waals surface area contributed by atoms with Gasteiger partial charge < -0.3 is 11.5 Å². The van der Waals surface area contributed by atoms with Gasteiger partial charge in [-0.3, -0.25) is 15.1 Å². The Kier molecular flexibility index (Phi) is 15.9. The molecule has 0 unspecified atom stereocenters. The molecular formula is C29H51N5O2S. The molecule has 8 heteroatoms. The average Bonchev–Trinajstić information content (AvgIpc) is 2.84. The summed E-state index contributed by atoms with van der Waals surface area (Å²) < 4.78 is 0. The van der Waals surface area contributed by atoms with Crippen LogP contribution in [0.4, 0.5) is 21.0 Å². The van der Waals surface area contributed by atoms with Gasteiger partial charge in [0.2, 0.25) is 0 Å². The van der Waals surface area contributed by atoms with Gasteiger partial charge in [0.15, 0.2) is 5.11 Å². The Labute approximate surface area is 230 Å². The SMILES string of the molecule is CCCCCCCc1cc(N(CC)C(=O)NC(N)=S)c(CCCCCCC)c(N(CCC)C(N)=O)c1C. The number of urea groups is 2. The lowest BCUT2D eigenvalue weighted by Crippen LogP contribution is -2.45. The van der Waals surface area contributed by atoms with Crippen LogP contribution in [0, 0.1) is 6.92 Å². The van der Waals surface area contributed by atoms with E-state index in [4.69, 9.17) is 23.7 Å². The zero-order valence-corrected chi connectivity index (χ0v) is 24.8. The monoisotopic (exact) mass is 533 g/mol. The Morgan fingerprint density at radius 3 is 1.89 bits per heavy atom. The van der Waals surface area contributed by atoms with Crippen LogP contribution in [0.5, 0.6) is 0 Å². The summed E-state index contributed by atoms with van der Waals surface area (Å²) >= 11 is 4.96. The number of unbranched alkanes of at least 4 members (excludes halogenated alkanes) is 8. The summed E-state index contributed by atoms with van der Waals surface area (Å²) in [5.41, 5.74) is 16.5. The first-order chi connectivity index (χ1) is 17.7. The van der Waals surface area contributed by atoms with Gasteiger partial charge in [0.25, 0.3) is 0 Å². The number of thiocarbonyl (C=S) groups is 1. The number of benzene rings is 1. The molecule has 210 valence electrons. The molecule has 1 rings (SSSR count). The van der Waals surface area contributed by atoms with Gasteiger partial charge in [-0.2, -0.15) is 0 Å². The third-order valence-electron chi connectivity index (χ3n) is 6.89. The number of nitrogens with two attached hydrogens (primary N) is 2. The Morgan fingerprint density at radius 2 is 1.41 bits per heavy atom. The average molecular weight is 534 g/mol. The number of carbonyl (C=O) groups is 2. The number of carbonyl (C=O) groups excluding carboxylic acids is 2. The predicted octanol–water partition coefficient (Wildman–Crippen LogP) is 7.10. The van der Waals surface area contributed by atoms with Crippen molar-refractivity contribution in [3.05, 3.63) is 22.8 Å². The highest BCUT2D eigenvalue weighted by atomic mass is 32.1. The van der Waals surface area contributed by atoms with Crippen molar-refractivity contribution in [3.63, 3.8) is 0 Å². The standard InChI is InChI=1S/C29H51N5O2S/c1-6-10-12-14-16-18-23-21-25(33(9-4)29(36)32-27(30)37)24(19-17-15-13-11-7-2)26(22(23)5)34(20-8-3)28(31)35/h21H,6-20H2,1-5H3,(H2,31,35)(H3,30,32,36,37). The van der Waals surface area contributed by atoms with E-state index in [0.717, 1.165) is 73.0 Å². The fourth-order valence-electron chi connectivity index (χ4n) is 4.95. The number of anilines is 2. The van der Waals surface area contributed by atoms with E-state index in [1.807, 2.05) is 13.8 Å². The minimum Gasteiger partial charge on any atom is -0.376 e. The highest BCUT2D eigenvalue weighted by Crippen LogP contribution is 2.38. The molecule has 0 radical (unpaired) electrons. The third-order valence-corrected chi connectivity index (χ3v) is 6.99. The molecule has 0 fully saturated rings. The summed E-state index contributed by atoms with van der Waals surface area (Å²) in [7, 11) is 0. The van der Waals surface area contributed by atoms with Gasteiger partial charge in [0.05, 0.1) is 11.4 Å². The summed E-state index contributed by atoms with van der Waals surface area (Å²) in [5, 5.41) is 2.53. The first-order valence-electron chi connectivity index (χ1n) is 14.3. The molecule has 0 saturated heterocycles. The summed E-state index contributed by atoms with van der Waals surface area (Å²) in [6.45, 7) is 11.5. The molecule has 37 heavy (non-hydrogen) atoms. The van der Waals surface area contributed by atoms with Gasteiger partial charge >= 0.3 is 12.1 Å². The number of hydrogen-bond donors (Lipinski definition) is 3. The van der Waals surface area contributed by atoms with E-state index in [1.54, 1.807) is 9.80 Å². The van der Waals surface area contributed by atoms with Crippen LogP contribution in [0.2, 0.25) is 0 Å². The number of aryl methyl sites for hydroxylation is 1. The van der Waals surface area contributed by atoms with Crippen molar-refractivity contribution < 1.29 is 9.59 Å². The molecule has 1 aromatic carbocycles. The lowest BCUT2D eigenvalue weighted by molar-refractivity contribution is 0.250. The second kappa shape index (κ2) is 18.0. The van der Waals surface area contributed by atoms with Crippen LogP contribution in [0.15, 0.2) is 6.07 Å². The molecule has 1 aromatic rings. The number of hydrogen-bond acceptors (Lipinski definition) is 3.